The lowest BCUT2D eigenvalue weighted by Crippen LogP contribution is -2.32. The third-order valence-electron chi connectivity index (χ3n) is 3.29. The molecule has 1 aliphatic heterocycles. The van der Waals surface area contributed by atoms with E-state index in [0.717, 1.165) is 12.2 Å². The Hall–Kier alpha value is -0.720. The zero-order valence-electron chi connectivity index (χ0n) is 11.1. The largest absolute Gasteiger partial charge is 0.398 e. The minimum absolute atomic E-state index is 0.218. The van der Waals surface area contributed by atoms with Crippen LogP contribution in [0.5, 0.6) is 0 Å². The highest BCUT2D eigenvalue weighted by atomic mass is 32.2. The van der Waals surface area contributed by atoms with E-state index in [2.05, 4.69) is 4.72 Å². The number of anilines is 1. The minimum atomic E-state index is -3.51. The van der Waals surface area contributed by atoms with Crippen LogP contribution in [0.4, 0.5) is 5.69 Å². The van der Waals surface area contributed by atoms with Crippen molar-refractivity contribution >= 4 is 27.5 Å². The predicted octanol–water partition coefficient (Wildman–Crippen LogP) is 2.14. The van der Waals surface area contributed by atoms with Crippen LogP contribution in [-0.2, 0) is 10.0 Å². The van der Waals surface area contributed by atoms with E-state index in [-0.39, 0.29) is 4.90 Å². The SMILES string of the molecule is Cc1cccc(N)c1S(=O)(=O)NCC1CCCCS1. The Bertz CT molecular complexity index is 517. The molecule has 1 unspecified atom stereocenters. The minimum Gasteiger partial charge on any atom is -0.398 e. The average Bonchev–Trinajstić information content (AvgIpc) is 2.37. The van der Waals surface area contributed by atoms with Crippen LogP contribution < -0.4 is 10.5 Å². The van der Waals surface area contributed by atoms with E-state index in [0.29, 0.717) is 23.0 Å². The van der Waals surface area contributed by atoms with Gasteiger partial charge in [-0.25, -0.2) is 13.1 Å². The van der Waals surface area contributed by atoms with Crippen LogP contribution in [0, 0.1) is 6.92 Å². The lowest BCUT2D eigenvalue weighted by molar-refractivity contribution is 0.573. The Morgan fingerprint density at radius 2 is 2.21 bits per heavy atom. The van der Waals surface area contributed by atoms with Crippen molar-refractivity contribution in [2.24, 2.45) is 0 Å². The Morgan fingerprint density at radius 1 is 1.42 bits per heavy atom. The summed E-state index contributed by atoms with van der Waals surface area (Å²) in [5, 5.41) is 0.383. The molecule has 1 heterocycles. The maximum atomic E-state index is 12.3. The monoisotopic (exact) mass is 300 g/mol. The van der Waals surface area contributed by atoms with Gasteiger partial charge in [0.05, 0.1) is 5.69 Å². The second-order valence-corrected chi connectivity index (χ2v) is 7.95. The van der Waals surface area contributed by atoms with Crippen molar-refractivity contribution in [3.05, 3.63) is 23.8 Å². The highest BCUT2D eigenvalue weighted by Crippen LogP contribution is 2.26. The van der Waals surface area contributed by atoms with E-state index in [1.165, 1.54) is 12.8 Å². The van der Waals surface area contributed by atoms with Crippen molar-refractivity contribution < 1.29 is 8.42 Å². The Balaban J connectivity index is 2.09. The van der Waals surface area contributed by atoms with Gasteiger partial charge in [-0.1, -0.05) is 18.6 Å². The van der Waals surface area contributed by atoms with Gasteiger partial charge in [-0.05, 0) is 37.1 Å². The molecule has 6 heteroatoms. The molecule has 4 nitrogen and oxygen atoms in total. The van der Waals surface area contributed by atoms with E-state index in [1.807, 2.05) is 11.8 Å². The molecule has 0 spiro atoms. The normalized spacial score (nSPS) is 20.4. The van der Waals surface area contributed by atoms with Gasteiger partial charge in [0.2, 0.25) is 10.0 Å². The summed E-state index contributed by atoms with van der Waals surface area (Å²) < 4.78 is 27.3. The molecule has 0 bridgehead atoms. The van der Waals surface area contributed by atoms with Gasteiger partial charge in [0.15, 0.2) is 0 Å². The number of thioether (sulfide) groups is 1. The molecule has 3 N–H and O–H groups in total. The van der Waals surface area contributed by atoms with Crippen molar-refractivity contribution in [2.75, 3.05) is 18.0 Å². The number of sulfonamides is 1. The maximum absolute atomic E-state index is 12.3. The second kappa shape index (κ2) is 6.15. The van der Waals surface area contributed by atoms with E-state index in [9.17, 15) is 8.42 Å². The number of nitrogen functional groups attached to an aromatic ring is 1. The van der Waals surface area contributed by atoms with Gasteiger partial charge in [0.25, 0.3) is 0 Å². The number of hydrogen-bond donors (Lipinski definition) is 2. The van der Waals surface area contributed by atoms with Gasteiger partial charge in [-0.2, -0.15) is 11.8 Å². The smallest absolute Gasteiger partial charge is 0.242 e. The summed E-state index contributed by atoms with van der Waals surface area (Å²) in [5.74, 6) is 1.12. The molecule has 0 amide bonds. The molecule has 1 aromatic rings. The van der Waals surface area contributed by atoms with Gasteiger partial charge in [0.1, 0.15) is 4.90 Å². The Kier molecular flexibility index (Phi) is 4.76. The first kappa shape index (κ1) is 14.7. The molecular weight excluding hydrogens is 280 g/mol. The first-order valence-corrected chi connectivity index (χ1v) is 9.00. The fraction of sp³-hybridized carbons (Fsp3) is 0.538. The summed E-state index contributed by atoms with van der Waals surface area (Å²) >= 11 is 1.85. The Labute approximate surface area is 119 Å². The van der Waals surface area contributed by atoms with Crippen molar-refractivity contribution in [3.8, 4) is 0 Å². The molecular formula is C13H20N2O2S2. The third kappa shape index (κ3) is 3.64. The van der Waals surface area contributed by atoms with Crippen LogP contribution in [0.25, 0.3) is 0 Å². The summed E-state index contributed by atoms with van der Waals surface area (Å²) in [6.45, 7) is 2.25. The van der Waals surface area contributed by atoms with E-state index >= 15 is 0 Å². The lowest BCUT2D eigenvalue weighted by Gasteiger charge is -2.21. The summed E-state index contributed by atoms with van der Waals surface area (Å²) in [6, 6.07) is 5.15. The summed E-state index contributed by atoms with van der Waals surface area (Å²) in [6.07, 6.45) is 3.50. The molecule has 1 fully saturated rings. The molecule has 2 rings (SSSR count). The van der Waals surface area contributed by atoms with Crippen molar-refractivity contribution in [3.63, 3.8) is 0 Å². The molecule has 106 valence electrons. The number of nitrogens with one attached hydrogen (secondary N) is 1. The van der Waals surface area contributed by atoms with Gasteiger partial charge in [-0.15, -0.1) is 0 Å². The van der Waals surface area contributed by atoms with E-state index < -0.39 is 10.0 Å². The average molecular weight is 300 g/mol. The molecule has 0 saturated carbocycles. The highest BCUT2D eigenvalue weighted by molar-refractivity contribution is 8.00. The summed E-state index contributed by atoms with van der Waals surface area (Å²) in [5.41, 5.74) is 6.79. The number of aryl methyl sites for hydroxylation is 1. The first-order chi connectivity index (χ1) is 9.00. The number of nitrogens with two attached hydrogens (primary N) is 1. The van der Waals surface area contributed by atoms with Crippen molar-refractivity contribution in [2.45, 2.75) is 36.3 Å². The van der Waals surface area contributed by atoms with Crippen LogP contribution in [0.3, 0.4) is 0 Å². The molecule has 1 aromatic carbocycles. The molecule has 0 aromatic heterocycles. The number of benzene rings is 1. The topological polar surface area (TPSA) is 72.2 Å². The van der Waals surface area contributed by atoms with Crippen LogP contribution in [-0.4, -0.2) is 26.0 Å². The predicted molar refractivity (Wildman–Crippen MR) is 80.9 cm³/mol. The van der Waals surface area contributed by atoms with Crippen LogP contribution >= 0.6 is 11.8 Å². The highest BCUT2D eigenvalue weighted by Gasteiger charge is 2.22. The first-order valence-electron chi connectivity index (χ1n) is 6.47. The van der Waals surface area contributed by atoms with Crippen LogP contribution in [0.2, 0.25) is 0 Å². The third-order valence-corrected chi connectivity index (χ3v) is 6.33. The number of hydrogen-bond acceptors (Lipinski definition) is 4. The van der Waals surface area contributed by atoms with E-state index in [4.69, 9.17) is 5.73 Å². The Morgan fingerprint density at radius 3 is 2.84 bits per heavy atom. The van der Waals surface area contributed by atoms with Crippen LogP contribution in [0.15, 0.2) is 23.1 Å². The molecule has 0 radical (unpaired) electrons. The zero-order chi connectivity index (χ0) is 13.9. The fourth-order valence-corrected chi connectivity index (χ4v) is 5.06. The molecule has 19 heavy (non-hydrogen) atoms. The van der Waals surface area contributed by atoms with Gasteiger partial charge in [0, 0.05) is 11.8 Å². The number of rotatable bonds is 4. The lowest BCUT2D eigenvalue weighted by atomic mass is 10.2. The van der Waals surface area contributed by atoms with Gasteiger partial charge < -0.3 is 5.73 Å². The zero-order valence-corrected chi connectivity index (χ0v) is 12.7. The maximum Gasteiger partial charge on any atom is 0.242 e. The summed E-state index contributed by atoms with van der Waals surface area (Å²) in [4.78, 5) is 0.218. The molecule has 1 saturated heterocycles. The van der Waals surface area contributed by atoms with E-state index in [1.54, 1.807) is 25.1 Å². The molecule has 1 atom stereocenters. The molecule has 1 aliphatic rings. The van der Waals surface area contributed by atoms with Gasteiger partial charge in [-0.3, -0.25) is 0 Å². The summed E-state index contributed by atoms with van der Waals surface area (Å²) in [7, 11) is -3.51. The standard InChI is InChI=1S/C13H20N2O2S2/c1-10-5-4-7-12(14)13(10)19(16,17)15-9-11-6-2-3-8-18-11/h4-5,7,11,15H,2-3,6,8-9,14H2,1H3. The van der Waals surface area contributed by atoms with Crippen molar-refractivity contribution in [1.82, 2.24) is 4.72 Å². The second-order valence-electron chi connectivity index (χ2n) is 4.83. The van der Waals surface area contributed by atoms with Crippen LogP contribution in [0.1, 0.15) is 24.8 Å². The molecule has 0 aliphatic carbocycles. The van der Waals surface area contributed by atoms with Crippen molar-refractivity contribution in [1.29, 1.82) is 0 Å². The van der Waals surface area contributed by atoms with Gasteiger partial charge >= 0.3 is 0 Å². The fourth-order valence-electron chi connectivity index (χ4n) is 2.29. The quantitative estimate of drug-likeness (QED) is 0.836.